The number of benzene rings is 2. The molecular formula is C27H29N5O2S. The molecule has 1 aliphatic rings. The van der Waals surface area contributed by atoms with Crippen LogP contribution in [-0.4, -0.2) is 45.0 Å². The largest absolute Gasteiger partial charge is 0.493 e. The minimum absolute atomic E-state index is 0.0396. The van der Waals surface area contributed by atoms with Crippen LogP contribution >= 0.6 is 12.2 Å². The minimum Gasteiger partial charge on any atom is -0.493 e. The van der Waals surface area contributed by atoms with Crippen LogP contribution in [0.15, 0.2) is 67.0 Å². The molecule has 0 N–H and O–H groups in total. The second-order valence-corrected chi connectivity index (χ2v) is 8.87. The molecule has 0 amide bonds. The fourth-order valence-corrected chi connectivity index (χ4v) is 5.19. The molecule has 0 spiro atoms. The lowest BCUT2D eigenvalue weighted by atomic mass is 9.88. The number of pyridine rings is 1. The number of rotatable bonds is 7. The van der Waals surface area contributed by atoms with Crippen molar-refractivity contribution in [1.82, 2.24) is 24.2 Å². The monoisotopic (exact) mass is 487 g/mol. The van der Waals surface area contributed by atoms with Crippen molar-refractivity contribution < 1.29 is 9.47 Å². The molecule has 3 heterocycles. The zero-order valence-electron chi connectivity index (χ0n) is 20.2. The Morgan fingerprint density at radius 3 is 2.40 bits per heavy atom. The van der Waals surface area contributed by atoms with E-state index in [1.807, 2.05) is 22.9 Å². The van der Waals surface area contributed by atoms with E-state index in [1.165, 1.54) is 16.7 Å². The summed E-state index contributed by atoms with van der Waals surface area (Å²) in [4.78, 5) is 6.58. The third kappa shape index (κ3) is 4.35. The highest BCUT2D eigenvalue weighted by molar-refractivity contribution is 7.71. The summed E-state index contributed by atoms with van der Waals surface area (Å²) >= 11 is 5.87. The lowest BCUT2D eigenvalue weighted by molar-refractivity contribution is 0.154. The molecule has 0 saturated carbocycles. The molecule has 0 radical (unpaired) electrons. The number of nitrogens with zero attached hydrogens (tertiary/aromatic N) is 5. The van der Waals surface area contributed by atoms with Gasteiger partial charge in [-0.25, -0.2) is 4.68 Å². The van der Waals surface area contributed by atoms with Gasteiger partial charge in [-0.3, -0.25) is 9.88 Å². The molecule has 1 aliphatic heterocycles. The first-order valence-corrected chi connectivity index (χ1v) is 12.2. The second-order valence-electron chi connectivity index (χ2n) is 8.51. The summed E-state index contributed by atoms with van der Waals surface area (Å²) in [5, 5.41) is 4.95. The summed E-state index contributed by atoms with van der Waals surface area (Å²) in [6, 6.07) is 18.8. The topological polar surface area (TPSA) is 57.3 Å². The lowest BCUT2D eigenvalue weighted by Gasteiger charge is -2.37. The van der Waals surface area contributed by atoms with Gasteiger partial charge in [0.2, 0.25) is 0 Å². The lowest BCUT2D eigenvalue weighted by Crippen LogP contribution is -2.37. The zero-order chi connectivity index (χ0) is 24.4. The van der Waals surface area contributed by atoms with E-state index in [0.717, 1.165) is 42.4 Å². The van der Waals surface area contributed by atoms with Crippen LogP contribution in [0.1, 0.15) is 29.7 Å². The number of hydrogen-bond acceptors (Lipinski definition) is 6. The van der Waals surface area contributed by atoms with Gasteiger partial charge in [-0.1, -0.05) is 30.3 Å². The van der Waals surface area contributed by atoms with Crippen LogP contribution in [0.4, 0.5) is 0 Å². The first-order chi connectivity index (χ1) is 17.1. The van der Waals surface area contributed by atoms with Crippen molar-refractivity contribution >= 4 is 12.2 Å². The van der Waals surface area contributed by atoms with Gasteiger partial charge >= 0.3 is 0 Å². The molecule has 0 aliphatic carbocycles. The van der Waals surface area contributed by atoms with Gasteiger partial charge < -0.3 is 14.0 Å². The van der Waals surface area contributed by atoms with Crippen molar-refractivity contribution in [2.24, 2.45) is 0 Å². The summed E-state index contributed by atoms with van der Waals surface area (Å²) in [6.45, 7) is 4.29. The third-order valence-corrected chi connectivity index (χ3v) is 7.01. The molecule has 35 heavy (non-hydrogen) atoms. The van der Waals surface area contributed by atoms with Gasteiger partial charge in [0.25, 0.3) is 0 Å². The van der Waals surface area contributed by atoms with E-state index in [0.29, 0.717) is 11.4 Å². The highest BCUT2D eigenvalue weighted by Crippen LogP contribution is 2.41. The highest BCUT2D eigenvalue weighted by Gasteiger charge is 2.31. The molecule has 0 fully saturated rings. The van der Waals surface area contributed by atoms with E-state index in [4.69, 9.17) is 26.8 Å². The van der Waals surface area contributed by atoms with E-state index >= 15 is 0 Å². The standard InChI is InChI=1S/C27H29N5O2S/c1-4-31-26(20-10-13-28-14-11-20)29-32(27(31)35)18-30-15-12-21-16-23(33-2)24(34-3)17-22(21)25(30)19-8-6-5-7-9-19/h5-11,13-14,16-17,25H,4,12,15,18H2,1-3H3. The minimum atomic E-state index is 0.0396. The summed E-state index contributed by atoms with van der Waals surface area (Å²) in [7, 11) is 3.36. The van der Waals surface area contributed by atoms with Gasteiger partial charge in [-0.05, 0) is 66.5 Å². The highest BCUT2D eigenvalue weighted by atomic mass is 32.1. The molecule has 0 bridgehead atoms. The van der Waals surface area contributed by atoms with E-state index in [9.17, 15) is 0 Å². The molecule has 0 saturated heterocycles. The molecule has 1 atom stereocenters. The molecule has 2 aromatic carbocycles. The third-order valence-electron chi connectivity index (χ3n) is 6.58. The van der Waals surface area contributed by atoms with Gasteiger partial charge in [-0.2, -0.15) is 5.10 Å². The first kappa shape index (κ1) is 23.3. The summed E-state index contributed by atoms with van der Waals surface area (Å²) in [5.74, 6) is 2.36. The number of methoxy groups -OCH3 is 2. The van der Waals surface area contributed by atoms with Crippen LogP contribution in [0.2, 0.25) is 0 Å². The van der Waals surface area contributed by atoms with Crippen molar-refractivity contribution in [3.05, 3.63) is 88.5 Å². The maximum Gasteiger partial charge on any atom is 0.199 e. The average molecular weight is 488 g/mol. The molecule has 4 aromatic rings. The Balaban J connectivity index is 1.58. The van der Waals surface area contributed by atoms with Crippen LogP contribution in [0.5, 0.6) is 11.5 Å². The molecule has 5 rings (SSSR count). The summed E-state index contributed by atoms with van der Waals surface area (Å²) < 4.78 is 16.0. The van der Waals surface area contributed by atoms with Crippen molar-refractivity contribution in [3.8, 4) is 22.9 Å². The first-order valence-electron chi connectivity index (χ1n) is 11.8. The predicted molar refractivity (Wildman–Crippen MR) is 138 cm³/mol. The molecule has 7 nitrogen and oxygen atoms in total. The quantitative estimate of drug-likeness (QED) is 0.337. The molecule has 180 valence electrons. The average Bonchev–Trinajstić information content (AvgIpc) is 3.23. The van der Waals surface area contributed by atoms with E-state index in [2.05, 4.69) is 57.8 Å². The normalized spacial score (nSPS) is 15.6. The zero-order valence-corrected chi connectivity index (χ0v) is 21.0. The van der Waals surface area contributed by atoms with E-state index in [1.54, 1.807) is 26.6 Å². The second kappa shape index (κ2) is 10.0. The Labute approximate surface area is 210 Å². The molecule has 2 aromatic heterocycles. The van der Waals surface area contributed by atoms with Gasteiger partial charge in [0, 0.05) is 31.0 Å². The Morgan fingerprint density at radius 1 is 1.00 bits per heavy atom. The Hall–Kier alpha value is -3.49. The van der Waals surface area contributed by atoms with Gasteiger partial charge in [0.1, 0.15) is 0 Å². The summed E-state index contributed by atoms with van der Waals surface area (Å²) in [5.41, 5.74) is 4.72. The van der Waals surface area contributed by atoms with Gasteiger partial charge in [0.05, 0.1) is 26.9 Å². The number of hydrogen-bond donors (Lipinski definition) is 0. The van der Waals surface area contributed by atoms with Crippen molar-refractivity contribution in [1.29, 1.82) is 0 Å². The maximum absolute atomic E-state index is 5.87. The van der Waals surface area contributed by atoms with Crippen LogP contribution in [-0.2, 0) is 19.6 Å². The smallest absolute Gasteiger partial charge is 0.199 e. The van der Waals surface area contributed by atoms with E-state index in [-0.39, 0.29) is 6.04 Å². The fraction of sp³-hybridized carbons (Fsp3) is 0.296. The van der Waals surface area contributed by atoms with Crippen molar-refractivity contribution in [2.75, 3.05) is 20.8 Å². The Morgan fingerprint density at radius 2 is 1.71 bits per heavy atom. The number of fused-ring (bicyclic) bond motifs is 1. The van der Waals surface area contributed by atoms with Crippen LogP contribution in [0.3, 0.4) is 0 Å². The van der Waals surface area contributed by atoms with Crippen LogP contribution in [0, 0.1) is 4.77 Å². The van der Waals surface area contributed by atoms with Crippen LogP contribution < -0.4 is 9.47 Å². The molecule has 8 heteroatoms. The summed E-state index contributed by atoms with van der Waals surface area (Å²) in [6.07, 6.45) is 4.47. The van der Waals surface area contributed by atoms with Crippen molar-refractivity contribution in [3.63, 3.8) is 0 Å². The Bertz CT molecular complexity index is 1370. The van der Waals surface area contributed by atoms with E-state index < -0.39 is 0 Å². The van der Waals surface area contributed by atoms with Gasteiger partial charge in [-0.15, -0.1) is 0 Å². The van der Waals surface area contributed by atoms with Gasteiger partial charge in [0.15, 0.2) is 22.1 Å². The number of aromatic nitrogens is 4. The Kier molecular flexibility index (Phi) is 6.66. The molecular weight excluding hydrogens is 458 g/mol. The fourth-order valence-electron chi connectivity index (χ4n) is 4.88. The SMILES string of the molecule is CCn1c(-c2ccncc2)nn(CN2CCc3cc(OC)c(OC)cc3C2c2ccccc2)c1=S. The predicted octanol–water partition coefficient (Wildman–Crippen LogP) is 5.12. The van der Waals surface area contributed by atoms with Crippen LogP contribution in [0.25, 0.3) is 11.4 Å². The van der Waals surface area contributed by atoms with Crippen molar-refractivity contribution in [2.45, 2.75) is 32.6 Å². The molecule has 1 unspecified atom stereocenters. The number of ether oxygens (including phenoxy) is 2. The maximum atomic E-state index is 5.87.